The summed E-state index contributed by atoms with van der Waals surface area (Å²) in [4.78, 5) is 14.7. The highest BCUT2D eigenvalue weighted by Crippen LogP contribution is 2.26. The minimum absolute atomic E-state index is 0.139. The van der Waals surface area contributed by atoms with Crippen LogP contribution in [0.2, 0.25) is 5.15 Å². The molecule has 0 saturated carbocycles. The number of carboxylic acid groups (broad SMARTS) is 1. The van der Waals surface area contributed by atoms with Crippen molar-refractivity contribution in [2.75, 3.05) is 0 Å². The number of carbonyl (C=O) groups is 1. The number of hydrogen-bond acceptors (Lipinski definition) is 2. The van der Waals surface area contributed by atoms with Crippen molar-refractivity contribution in [3.8, 4) is 0 Å². The molecule has 1 N–H and O–H groups in total. The first-order valence-electron chi connectivity index (χ1n) is 5.12. The van der Waals surface area contributed by atoms with Crippen LogP contribution in [-0.2, 0) is 11.2 Å². The molecule has 2 aromatic heterocycles. The number of halogens is 2. The van der Waals surface area contributed by atoms with Gasteiger partial charge in [-0.2, -0.15) is 0 Å². The van der Waals surface area contributed by atoms with E-state index in [4.69, 9.17) is 16.7 Å². The van der Waals surface area contributed by atoms with E-state index in [1.165, 1.54) is 0 Å². The van der Waals surface area contributed by atoms with E-state index in [9.17, 15) is 4.79 Å². The maximum Gasteiger partial charge on any atom is 0.303 e. The molecular formula is C11H10BrClN2O2. The molecule has 0 aliphatic carbocycles. The number of aryl methyl sites for hydroxylation is 1. The lowest BCUT2D eigenvalue weighted by atomic mass is 10.2. The highest BCUT2D eigenvalue weighted by molar-refractivity contribution is 9.10. The molecule has 2 aromatic rings. The van der Waals surface area contributed by atoms with Crippen LogP contribution in [0.1, 0.15) is 18.7 Å². The lowest BCUT2D eigenvalue weighted by Crippen LogP contribution is -1.99. The van der Waals surface area contributed by atoms with Gasteiger partial charge in [-0.05, 0) is 34.5 Å². The molecule has 0 radical (unpaired) electrons. The fraction of sp³-hybridized carbons (Fsp3) is 0.273. The Kier molecular flexibility index (Phi) is 3.69. The van der Waals surface area contributed by atoms with Crippen LogP contribution in [0.3, 0.4) is 0 Å². The number of pyridine rings is 1. The second-order valence-electron chi connectivity index (χ2n) is 3.64. The summed E-state index contributed by atoms with van der Waals surface area (Å²) in [5.74, 6) is -0.00862. The Morgan fingerprint density at radius 2 is 2.35 bits per heavy atom. The number of hydrogen-bond donors (Lipinski definition) is 1. The van der Waals surface area contributed by atoms with Gasteiger partial charge in [0.05, 0.1) is 5.52 Å². The minimum Gasteiger partial charge on any atom is -0.481 e. The van der Waals surface area contributed by atoms with Crippen molar-refractivity contribution in [1.29, 1.82) is 0 Å². The number of nitrogens with zero attached hydrogens (tertiary/aromatic N) is 2. The monoisotopic (exact) mass is 316 g/mol. The van der Waals surface area contributed by atoms with E-state index in [1.54, 1.807) is 0 Å². The smallest absolute Gasteiger partial charge is 0.303 e. The second-order valence-corrected chi connectivity index (χ2v) is 4.85. The molecule has 4 nitrogen and oxygen atoms in total. The van der Waals surface area contributed by atoms with E-state index < -0.39 is 5.97 Å². The maximum atomic E-state index is 10.5. The number of aliphatic carboxylic acids is 1. The summed E-state index contributed by atoms with van der Waals surface area (Å²) in [7, 11) is 0. The lowest BCUT2D eigenvalue weighted by Gasteiger charge is -2.00. The largest absolute Gasteiger partial charge is 0.481 e. The SMILES string of the molecule is O=C(O)CCCc1nc(Cl)c2c(Br)cccn12. The predicted molar refractivity (Wildman–Crippen MR) is 68.5 cm³/mol. The Hall–Kier alpha value is -1.07. The molecule has 0 fully saturated rings. The Bertz CT molecular complexity index is 568. The van der Waals surface area contributed by atoms with Crippen LogP contribution in [0.4, 0.5) is 0 Å². The van der Waals surface area contributed by atoms with Crippen LogP contribution in [0.15, 0.2) is 22.8 Å². The zero-order valence-electron chi connectivity index (χ0n) is 8.86. The molecule has 0 atom stereocenters. The fourth-order valence-corrected chi connectivity index (χ4v) is 2.63. The van der Waals surface area contributed by atoms with Crippen LogP contribution >= 0.6 is 27.5 Å². The number of carboxylic acids is 1. The third kappa shape index (κ3) is 2.61. The van der Waals surface area contributed by atoms with Crippen LogP contribution < -0.4 is 0 Å². The van der Waals surface area contributed by atoms with Crippen LogP contribution in [0, 0.1) is 0 Å². The molecule has 2 heterocycles. The summed E-state index contributed by atoms with van der Waals surface area (Å²) < 4.78 is 2.76. The topological polar surface area (TPSA) is 54.6 Å². The number of rotatable bonds is 4. The Morgan fingerprint density at radius 3 is 3.06 bits per heavy atom. The molecule has 0 saturated heterocycles. The van der Waals surface area contributed by atoms with Crippen molar-refractivity contribution in [3.05, 3.63) is 33.8 Å². The van der Waals surface area contributed by atoms with E-state index in [-0.39, 0.29) is 6.42 Å². The first-order chi connectivity index (χ1) is 8.09. The first-order valence-corrected chi connectivity index (χ1v) is 6.29. The summed E-state index contributed by atoms with van der Waals surface area (Å²) in [5, 5.41) is 9.03. The van der Waals surface area contributed by atoms with Crippen LogP contribution in [0.5, 0.6) is 0 Å². The lowest BCUT2D eigenvalue weighted by molar-refractivity contribution is -0.137. The fourth-order valence-electron chi connectivity index (χ4n) is 1.69. The number of aromatic nitrogens is 2. The molecule has 0 aromatic carbocycles. The molecule has 0 spiro atoms. The highest BCUT2D eigenvalue weighted by Gasteiger charge is 2.11. The van der Waals surface area contributed by atoms with Gasteiger partial charge in [0.15, 0.2) is 5.15 Å². The second kappa shape index (κ2) is 5.06. The van der Waals surface area contributed by atoms with Crippen molar-refractivity contribution in [2.45, 2.75) is 19.3 Å². The average molecular weight is 318 g/mol. The van der Waals surface area contributed by atoms with Gasteiger partial charge in [-0.1, -0.05) is 11.6 Å². The predicted octanol–water partition coefficient (Wildman–Crippen LogP) is 3.16. The van der Waals surface area contributed by atoms with E-state index in [0.717, 1.165) is 15.8 Å². The Balaban J connectivity index is 2.29. The van der Waals surface area contributed by atoms with E-state index >= 15 is 0 Å². The minimum atomic E-state index is -0.793. The maximum absolute atomic E-state index is 10.5. The van der Waals surface area contributed by atoms with E-state index in [2.05, 4.69) is 20.9 Å². The van der Waals surface area contributed by atoms with E-state index in [1.807, 2.05) is 22.7 Å². The van der Waals surface area contributed by atoms with Gasteiger partial charge in [-0.25, -0.2) is 4.98 Å². The van der Waals surface area contributed by atoms with Gasteiger partial charge in [0.2, 0.25) is 0 Å². The molecule has 2 rings (SSSR count). The zero-order chi connectivity index (χ0) is 12.4. The molecule has 0 unspecified atom stereocenters. The zero-order valence-corrected chi connectivity index (χ0v) is 11.2. The number of imidazole rings is 1. The van der Waals surface area contributed by atoms with Gasteiger partial charge in [-0.15, -0.1) is 0 Å². The average Bonchev–Trinajstić information content (AvgIpc) is 2.57. The van der Waals surface area contributed by atoms with Gasteiger partial charge in [0, 0.05) is 23.5 Å². The molecular weight excluding hydrogens is 307 g/mol. The van der Waals surface area contributed by atoms with Crippen LogP contribution in [0.25, 0.3) is 5.52 Å². The summed E-state index contributed by atoms with van der Waals surface area (Å²) in [5.41, 5.74) is 0.819. The standard InChI is InChI=1S/C11H10BrClN2O2/c12-7-3-2-6-15-8(4-1-5-9(16)17)14-11(13)10(7)15/h2-3,6H,1,4-5H2,(H,16,17). The van der Waals surface area contributed by atoms with E-state index in [0.29, 0.717) is 18.0 Å². The van der Waals surface area contributed by atoms with Gasteiger partial charge in [0.25, 0.3) is 0 Å². The van der Waals surface area contributed by atoms with Gasteiger partial charge in [-0.3, -0.25) is 4.79 Å². The van der Waals surface area contributed by atoms with Crippen molar-refractivity contribution in [1.82, 2.24) is 9.38 Å². The Morgan fingerprint density at radius 1 is 1.59 bits per heavy atom. The molecule has 17 heavy (non-hydrogen) atoms. The summed E-state index contributed by atoms with van der Waals surface area (Å²) in [6.45, 7) is 0. The molecule has 0 aliphatic rings. The molecule has 6 heteroatoms. The van der Waals surface area contributed by atoms with Crippen molar-refractivity contribution >= 4 is 39.0 Å². The third-order valence-electron chi connectivity index (χ3n) is 2.44. The molecule has 90 valence electrons. The summed E-state index contributed by atoms with van der Waals surface area (Å²) in [6, 6.07) is 3.78. The molecule has 0 bridgehead atoms. The third-order valence-corrected chi connectivity index (χ3v) is 3.34. The van der Waals surface area contributed by atoms with Gasteiger partial charge >= 0.3 is 5.97 Å². The quantitative estimate of drug-likeness (QED) is 0.942. The van der Waals surface area contributed by atoms with Crippen LogP contribution in [-0.4, -0.2) is 20.5 Å². The molecule has 0 aliphatic heterocycles. The van der Waals surface area contributed by atoms with Crippen molar-refractivity contribution < 1.29 is 9.90 Å². The van der Waals surface area contributed by atoms with Crippen molar-refractivity contribution in [2.24, 2.45) is 0 Å². The summed E-state index contributed by atoms with van der Waals surface area (Å²) in [6.07, 6.45) is 3.16. The van der Waals surface area contributed by atoms with Gasteiger partial charge < -0.3 is 9.51 Å². The number of fused-ring (bicyclic) bond motifs is 1. The normalized spacial score (nSPS) is 10.9. The molecule has 0 amide bonds. The first kappa shape index (κ1) is 12.4. The van der Waals surface area contributed by atoms with Crippen molar-refractivity contribution in [3.63, 3.8) is 0 Å². The summed E-state index contributed by atoms with van der Waals surface area (Å²) >= 11 is 9.46. The van der Waals surface area contributed by atoms with Gasteiger partial charge in [0.1, 0.15) is 5.82 Å². The highest BCUT2D eigenvalue weighted by atomic mass is 79.9. The Labute approximate surface area is 111 Å².